The van der Waals surface area contributed by atoms with Crippen molar-refractivity contribution in [1.82, 2.24) is 0 Å². The first kappa shape index (κ1) is 14.7. The second kappa shape index (κ2) is 6.29. The Balaban J connectivity index is 1.53. The summed E-state index contributed by atoms with van der Waals surface area (Å²) in [7, 11) is -0.359. The van der Waals surface area contributed by atoms with Crippen molar-refractivity contribution >= 4 is 19.0 Å². The lowest BCUT2D eigenvalue weighted by atomic mass is 10.1. The van der Waals surface area contributed by atoms with Crippen molar-refractivity contribution in [3.63, 3.8) is 0 Å². The third kappa shape index (κ3) is 3.09. The smallest absolute Gasteiger partial charge is 0.159 e. The van der Waals surface area contributed by atoms with Crippen LogP contribution in [0.3, 0.4) is 0 Å². The molecule has 2 heterocycles. The molecule has 23 heavy (non-hydrogen) atoms. The Morgan fingerprint density at radius 2 is 2.00 bits per heavy atom. The van der Waals surface area contributed by atoms with E-state index in [1.807, 2.05) is 18.2 Å². The highest BCUT2D eigenvalue weighted by molar-refractivity contribution is 7.67. The fourth-order valence-electron chi connectivity index (χ4n) is 3.35. The maximum Gasteiger partial charge on any atom is 0.159 e. The highest BCUT2D eigenvalue weighted by Gasteiger charge is 2.31. The molecule has 0 aromatic heterocycles. The van der Waals surface area contributed by atoms with Gasteiger partial charge in [-0.2, -0.15) is 0 Å². The van der Waals surface area contributed by atoms with Crippen LogP contribution in [0.4, 0.5) is 0 Å². The normalized spacial score (nSPS) is 22.3. The summed E-state index contributed by atoms with van der Waals surface area (Å²) in [5.74, 6) is 1.21. The molecule has 3 heteroatoms. The van der Waals surface area contributed by atoms with E-state index in [2.05, 4.69) is 36.4 Å². The minimum atomic E-state index is -0.359. The molecule has 2 aliphatic rings. The molecular formula is C20H19O2P. The van der Waals surface area contributed by atoms with Gasteiger partial charge in [0.15, 0.2) is 5.78 Å². The molecule has 2 unspecified atom stereocenters. The van der Waals surface area contributed by atoms with Crippen molar-refractivity contribution in [2.75, 3.05) is 6.16 Å². The summed E-state index contributed by atoms with van der Waals surface area (Å²) in [5, 5.41) is 1.40. The van der Waals surface area contributed by atoms with Gasteiger partial charge in [0.25, 0.3) is 0 Å². The predicted molar refractivity (Wildman–Crippen MR) is 94.9 cm³/mol. The number of rotatable bonds is 3. The second-order valence-corrected chi connectivity index (χ2v) is 8.53. The molecule has 0 radical (unpaired) electrons. The van der Waals surface area contributed by atoms with Crippen LogP contribution in [-0.2, 0) is 17.8 Å². The zero-order valence-corrected chi connectivity index (χ0v) is 13.8. The molecule has 0 saturated carbocycles. The summed E-state index contributed by atoms with van der Waals surface area (Å²) in [6.45, 7) is 0.595. The SMILES string of the molecule is O=C1C=CC2CCc3cc(OCc4ccccc4)ccc3P2C1. The molecule has 0 fully saturated rings. The number of hydrogen-bond acceptors (Lipinski definition) is 2. The molecule has 2 nitrogen and oxygen atoms in total. The molecule has 0 amide bonds. The Morgan fingerprint density at radius 3 is 2.87 bits per heavy atom. The zero-order chi connectivity index (χ0) is 15.6. The van der Waals surface area contributed by atoms with Crippen molar-refractivity contribution in [2.24, 2.45) is 0 Å². The monoisotopic (exact) mass is 322 g/mol. The summed E-state index contributed by atoms with van der Waals surface area (Å²) in [4.78, 5) is 11.8. The van der Waals surface area contributed by atoms with E-state index in [0.29, 0.717) is 18.4 Å². The fourth-order valence-corrected chi connectivity index (χ4v) is 6.10. The molecule has 2 aromatic rings. The van der Waals surface area contributed by atoms with E-state index in [1.165, 1.54) is 16.4 Å². The Morgan fingerprint density at radius 1 is 1.13 bits per heavy atom. The number of fused-ring (bicyclic) bond motifs is 3. The number of carbonyl (C=O) groups excluding carboxylic acids is 1. The number of aryl methyl sites for hydroxylation is 1. The number of carbonyl (C=O) groups is 1. The highest BCUT2D eigenvalue weighted by atomic mass is 31.1. The molecule has 2 aromatic carbocycles. The zero-order valence-electron chi connectivity index (χ0n) is 12.9. The van der Waals surface area contributed by atoms with Gasteiger partial charge < -0.3 is 4.74 Å². The fraction of sp³-hybridized carbons (Fsp3) is 0.250. The van der Waals surface area contributed by atoms with Crippen molar-refractivity contribution in [3.8, 4) is 5.75 Å². The van der Waals surface area contributed by atoms with Crippen molar-refractivity contribution in [3.05, 3.63) is 71.8 Å². The van der Waals surface area contributed by atoms with Crippen molar-refractivity contribution < 1.29 is 9.53 Å². The van der Waals surface area contributed by atoms with Gasteiger partial charge in [-0.1, -0.05) is 50.4 Å². The number of benzene rings is 2. The van der Waals surface area contributed by atoms with Gasteiger partial charge in [0.1, 0.15) is 12.4 Å². The average molecular weight is 322 g/mol. The minimum absolute atomic E-state index is 0.282. The molecule has 116 valence electrons. The van der Waals surface area contributed by atoms with E-state index in [1.54, 1.807) is 6.08 Å². The molecular weight excluding hydrogens is 303 g/mol. The topological polar surface area (TPSA) is 26.3 Å². The lowest BCUT2D eigenvalue weighted by molar-refractivity contribution is -0.112. The number of hydrogen-bond donors (Lipinski definition) is 0. The van der Waals surface area contributed by atoms with Gasteiger partial charge in [-0.05, 0) is 47.5 Å². The summed E-state index contributed by atoms with van der Waals surface area (Å²) in [6.07, 6.45) is 6.88. The van der Waals surface area contributed by atoms with Crippen LogP contribution in [0, 0.1) is 0 Å². The summed E-state index contributed by atoms with van der Waals surface area (Å²) in [6, 6.07) is 16.7. The maximum absolute atomic E-state index is 11.8. The van der Waals surface area contributed by atoms with Gasteiger partial charge >= 0.3 is 0 Å². The van der Waals surface area contributed by atoms with E-state index in [-0.39, 0.29) is 13.7 Å². The quantitative estimate of drug-likeness (QED) is 0.803. The van der Waals surface area contributed by atoms with Crippen molar-refractivity contribution in [2.45, 2.75) is 25.1 Å². The first-order chi connectivity index (χ1) is 11.3. The van der Waals surface area contributed by atoms with Crippen LogP contribution in [0.15, 0.2) is 60.7 Å². The number of allylic oxidation sites excluding steroid dienone is 2. The Hall–Kier alpha value is -1.92. The van der Waals surface area contributed by atoms with Gasteiger partial charge in [-0.25, -0.2) is 0 Å². The standard InChI is InChI=1S/C20H19O2P/c21-17-7-10-19-9-6-16-12-18(8-11-20(16)23(19)14-17)22-13-15-4-2-1-3-5-15/h1-5,7-8,10-12,19H,6,9,13-14H2. The van der Waals surface area contributed by atoms with Gasteiger partial charge in [0.05, 0.1) is 0 Å². The molecule has 0 spiro atoms. The summed E-state index contributed by atoms with van der Waals surface area (Å²) in [5.41, 5.74) is 3.14. The molecule has 0 N–H and O–H groups in total. The van der Waals surface area contributed by atoms with Gasteiger partial charge in [0, 0.05) is 11.8 Å². The van der Waals surface area contributed by atoms with Crippen LogP contribution in [0.25, 0.3) is 0 Å². The Kier molecular flexibility index (Phi) is 4.01. The molecule has 0 saturated heterocycles. The molecule has 0 bridgehead atoms. The minimum Gasteiger partial charge on any atom is -0.489 e. The van der Waals surface area contributed by atoms with Gasteiger partial charge in [-0.3, -0.25) is 4.79 Å². The summed E-state index contributed by atoms with van der Waals surface area (Å²) < 4.78 is 5.94. The molecule has 2 atom stereocenters. The van der Waals surface area contributed by atoms with Crippen LogP contribution in [0.1, 0.15) is 17.5 Å². The largest absolute Gasteiger partial charge is 0.489 e. The van der Waals surface area contributed by atoms with Crippen LogP contribution in [-0.4, -0.2) is 17.6 Å². The average Bonchev–Trinajstić information content (AvgIpc) is 2.60. The van der Waals surface area contributed by atoms with E-state index in [9.17, 15) is 4.79 Å². The van der Waals surface area contributed by atoms with Crippen LogP contribution in [0.5, 0.6) is 5.75 Å². The predicted octanol–water partition coefficient (Wildman–Crippen LogP) is 3.83. The van der Waals surface area contributed by atoms with E-state index in [4.69, 9.17) is 4.74 Å². The number of ketones is 1. The van der Waals surface area contributed by atoms with Gasteiger partial charge in [0.2, 0.25) is 0 Å². The van der Waals surface area contributed by atoms with Crippen molar-refractivity contribution in [1.29, 1.82) is 0 Å². The van der Waals surface area contributed by atoms with E-state index in [0.717, 1.165) is 18.6 Å². The number of ether oxygens (including phenoxy) is 1. The highest BCUT2D eigenvalue weighted by Crippen LogP contribution is 2.49. The lowest BCUT2D eigenvalue weighted by Gasteiger charge is -2.34. The first-order valence-corrected chi connectivity index (χ1v) is 9.66. The second-order valence-electron chi connectivity index (χ2n) is 6.12. The first-order valence-electron chi connectivity index (χ1n) is 8.07. The van der Waals surface area contributed by atoms with E-state index >= 15 is 0 Å². The van der Waals surface area contributed by atoms with E-state index < -0.39 is 0 Å². The third-order valence-electron chi connectivity index (χ3n) is 4.55. The third-order valence-corrected chi connectivity index (χ3v) is 7.49. The molecule has 4 rings (SSSR count). The molecule has 0 aliphatic carbocycles. The summed E-state index contributed by atoms with van der Waals surface area (Å²) >= 11 is 0. The Labute approximate surface area is 137 Å². The van der Waals surface area contributed by atoms with Crippen LogP contribution in [0.2, 0.25) is 0 Å². The maximum atomic E-state index is 11.8. The Bertz CT molecular complexity index is 751. The lowest BCUT2D eigenvalue weighted by Crippen LogP contribution is -2.28. The molecule has 2 aliphatic heterocycles. The van der Waals surface area contributed by atoms with Crippen LogP contribution >= 0.6 is 7.92 Å². The van der Waals surface area contributed by atoms with Gasteiger partial charge in [-0.15, -0.1) is 0 Å². The van der Waals surface area contributed by atoms with Crippen LogP contribution < -0.4 is 10.0 Å².